The SMILES string of the molecule is CN1CCO[C@H](CN(CC2CC2)C(=O)CC2(O)CCCC2)C1. The molecule has 126 valence electrons. The van der Waals surface area contributed by atoms with E-state index in [-0.39, 0.29) is 12.0 Å². The predicted octanol–water partition coefficient (Wildman–Crippen LogP) is 1.25. The molecule has 0 aromatic rings. The fourth-order valence-corrected chi connectivity index (χ4v) is 3.72. The van der Waals surface area contributed by atoms with Crippen molar-refractivity contribution in [2.45, 2.75) is 56.7 Å². The summed E-state index contributed by atoms with van der Waals surface area (Å²) >= 11 is 0. The Morgan fingerprint density at radius 1 is 1.32 bits per heavy atom. The van der Waals surface area contributed by atoms with Gasteiger partial charge >= 0.3 is 0 Å². The Bertz CT molecular complexity index is 391. The Morgan fingerprint density at radius 2 is 2.05 bits per heavy atom. The van der Waals surface area contributed by atoms with E-state index in [1.54, 1.807) is 0 Å². The summed E-state index contributed by atoms with van der Waals surface area (Å²) in [4.78, 5) is 17.0. The van der Waals surface area contributed by atoms with Gasteiger partial charge in [0.15, 0.2) is 0 Å². The topological polar surface area (TPSA) is 53.0 Å². The van der Waals surface area contributed by atoms with Gasteiger partial charge in [0.1, 0.15) is 0 Å². The molecule has 1 N–H and O–H groups in total. The normalized spacial score (nSPS) is 28.7. The van der Waals surface area contributed by atoms with Crippen molar-refractivity contribution in [2.24, 2.45) is 5.92 Å². The van der Waals surface area contributed by atoms with Crippen LogP contribution in [0.2, 0.25) is 0 Å². The number of carbonyl (C=O) groups is 1. The number of likely N-dealkylation sites (N-methyl/N-ethyl adjacent to an activating group) is 1. The average Bonchev–Trinajstić information content (AvgIpc) is 3.18. The second-order valence-electron chi connectivity index (χ2n) is 7.61. The maximum atomic E-state index is 12.7. The van der Waals surface area contributed by atoms with Gasteiger partial charge in [-0.3, -0.25) is 4.79 Å². The van der Waals surface area contributed by atoms with E-state index in [0.717, 1.165) is 51.9 Å². The van der Waals surface area contributed by atoms with Crippen molar-refractivity contribution in [1.29, 1.82) is 0 Å². The van der Waals surface area contributed by atoms with E-state index in [1.165, 1.54) is 12.8 Å². The number of nitrogens with zero attached hydrogens (tertiary/aromatic N) is 2. The molecule has 2 aliphatic carbocycles. The van der Waals surface area contributed by atoms with Crippen LogP contribution in [-0.2, 0) is 9.53 Å². The molecule has 5 heteroatoms. The molecular formula is C17H30N2O3. The third kappa shape index (κ3) is 4.43. The van der Waals surface area contributed by atoms with Gasteiger partial charge in [-0.25, -0.2) is 0 Å². The van der Waals surface area contributed by atoms with Crippen molar-refractivity contribution in [3.05, 3.63) is 0 Å². The van der Waals surface area contributed by atoms with Crippen LogP contribution in [0.4, 0.5) is 0 Å². The molecule has 1 heterocycles. The van der Waals surface area contributed by atoms with E-state index in [2.05, 4.69) is 11.9 Å². The molecule has 0 spiro atoms. The van der Waals surface area contributed by atoms with E-state index in [0.29, 0.717) is 18.9 Å². The molecule has 1 saturated heterocycles. The lowest BCUT2D eigenvalue weighted by Gasteiger charge is -2.35. The fourth-order valence-electron chi connectivity index (χ4n) is 3.72. The Hall–Kier alpha value is -0.650. The third-order valence-corrected chi connectivity index (χ3v) is 5.31. The van der Waals surface area contributed by atoms with Crippen LogP contribution in [0.1, 0.15) is 44.9 Å². The lowest BCUT2D eigenvalue weighted by atomic mass is 9.97. The first-order valence-corrected chi connectivity index (χ1v) is 8.84. The van der Waals surface area contributed by atoms with Gasteiger partial charge in [-0.2, -0.15) is 0 Å². The summed E-state index contributed by atoms with van der Waals surface area (Å²) in [5.74, 6) is 0.789. The molecule has 1 amide bonds. The van der Waals surface area contributed by atoms with Crippen LogP contribution in [0.25, 0.3) is 0 Å². The highest BCUT2D eigenvalue weighted by Crippen LogP contribution is 2.34. The zero-order chi connectivity index (χ0) is 15.6. The number of rotatable bonds is 6. The lowest BCUT2D eigenvalue weighted by Crippen LogP contribution is -2.49. The first-order chi connectivity index (χ1) is 10.5. The highest BCUT2D eigenvalue weighted by atomic mass is 16.5. The number of ether oxygens (including phenoxy) is 1. The quantitative estimate of drug-likeness (QED) is 0.802. The van der Waals surface area contributed by atoms with Gasteiger partial charge in [0, 0.05) is 26.2 Å². The maximum Gasteiger partial charge on any atom is 0.225 e. The van der Waals surface area contributed by atoms with Gasteiger partial charge in [-0.05, 0) is 38.6 Å². The lowest BCUT2D eigenvalue weighted by molar-refractivity contribution is -0.139. The van der Waals surface area contributed by atoms with Gasteiger partial charge < -0.3 is 19.6 Å². The zero-order valence-electron chi connectivity index (χ0n) is 13.8. The number of aliphatic hydroxyl groups is 1. The molecule has 0 radical (unpaired) electrons. The third-order valence-electron chi connectivity index (χ3n) is 5.31. The average molecular weight is 310 g/mol. The van der Waals surface area contributed by atoms with E-state index in [9.17, 15) is 9.90 Å². The Labute approximate surface area is 133 Å². The number of hydrogen-bond acceptors (Lipinski definition) is 4. The first-order valence-electron chi connectivity index (χ1n) is 8.84. The van der Waals surface area contributed by atoms with Crippen LogP contribution in [0, 0.1) is 5.92 Å². The van der Waals surface area contributed by atoms with Crippen LogP contribution in [0.5, 0.6) is 0 Å². The summed E-state index contributed by atoms with van der Waals surface area (Å²) in [6.07, 6.45) is 6.52. The van der Waals surface area contributed by atoms with Crippen molar-refractivity contribution in [3.63, 3.8) is 0 Å². The summed E-state index contributed by atoms with van der Waals surface area (Å²) < 4.78 is 5.83. The minimum atomic E-state index is -0.747. The minimum absolute atomic E-state index is 0.111. The van der Waals surface area contributed by atoms with Crippen molar-refractivity contribution in [3.8, 4) is 0 Å². The number of amides is 1. The summed E-state index contributed by atoms with van der Waals surface area (Å²) in [5, 5.41) is 10.5. The molecular weight excluding hydrogens is 280 g/mol. The van der Waals surface area contributed by atoms with Crippen molar-refractivity contribution in [2.75, 3.05) is 39.8 Å². The van der Waals surface area contributed by atoms with Gasteiger partial charge in [0.25, 0.3) is 0 Å². The number of morpholine rings is 1. The first kappa shape index (κ1) is 16.2. The molecule has 3 aliphatic rings. The summed E-state index contributed by atoms with van der Waals surface area (Å²) in [6.45, 7) is 4.12. The second-order valence-corrected chi connectivity index (χ2v) is 7.61. The molecule has 22 heavy (non-hydrogen) atoms. The highest BCUT2D eigenvalue weighted by Gasteiger charge is 2.37. The molecule has 0 unspecified atom stereocenters. The molecule has 0 aromatic heterocycles. The van der Waals surface area contributed by atoms with Crippen molar-refractivity contribution in [1.82, 2.24) is 9.80 Å². The Kier molecular flexibility index (Phi) is 5.05. The predicted molar refractivity (Wildman–Crippen MR) is 84.6 cm³/mol. The van der Waals surface area contributed by atoms with Crippen LogP contribution >= 0.6 is 0 Å². The molecule has 1 atom stereocenters. The zero-order valence-corrected chi connectivity index (χ0v) is 13.8. The molecule has 3 fully saturated rings. The monoisotopic (exact) mass is 310 g/mol. The molecule has 3 rings (SSSR count). The van der Waals surface area contributed by atoms with E-state index in [4.69, 9.17) is 4.74 Å². The number of hydrogen-bond donors (Lipinski definition) is 1. The standard InChI is InChI=1S/C17H30N2O3/c1-18-8-9-22-15(12-18)13-19(11-14-4-5-14)16(20)10-17(21)6-2-3-7-17/h14-15,21H,2-13H2,1H3/t15-/m0/s1. The smallest absolute Gasteiger partial charge is 0.225 e. The summed E-state index contributed by atoms with van der Waals surface area (Å²) in [5.41, 5.74) is -0.747. The van der Waals surface area contributed by atoms with Crippen LogP contribution < -0.4 is 0 Å². The van der Waals surface area contributed by atoms with Gasteiger partial charge in [0.2, 0.25) is 5.91 Å². The highest BCUT2D eigenvalue weighted by molar-refractivity contribution is 5.77. The fraction of sp³-hybridized carbons (Fsp3) is 0.941. The summed E-state index contributed by atoms with van der Waals surface area (Å²) in [6, 6.07) is 0. The van der Waals surface area contributed by atoms with Gasteiger partial charge in [-0.15, -0.1) is 0 Å². The van der Waals surface area contributed by atoms with Crippen molar-refractivity contribution < 1.29 is 14.6 Å². The Balaban J connectivity index is 1.57. The maximum absolute atomic E-state index is 12.7. The van der Waals surface area contributed by atoms with Crippen molar-refractivity contribution >= 4 is 5.91 Å². The molecule has 0 bridgehead atoms. The van der Waals surface area contributed by atoms with E-state index >= 15 is 0 Å². The largest absolute Gasteiger partial charge is 0.389 e. The van der Waals surface area contributed by atoms with E-state index in [1.807, 2.05) is 4.90 Å². The van der Waals surface area contributed by atoms with Gasteiger partial charge in [0.05, 0.1) is 24.7 Å². The molecule has 0 aromatic carbocycles. The van der Waals surface area contributed by atoms with Crippen LogP contribution in [0.3, 0.4) is 0 Å². The summed E-state index contributed by atoms with van der Waals surface area (Å²) in [7, 11) is 2.10. The van der Waals surface area contributed by atoms with Gasteiger partial charge in [-0.1, -0.05) is 12.8 Å². The minimum Gasteiger partial charge on any atom is -0.389 e. The Morgan fingerprint density at radius 3 is 2.68 bits per heavy atom. The van der Waals surface area contributed by atoms with Crippen LogP contribution in [-0.4, -0.2) is 72.4 Å². The number of carbonyl (C=O) groups excluding carboxylic acids is 1. The van der Waals surface area contributed by atoms with Crippen LogP contribution in [0.15, 0.2) is 0 Å². The second kappa shape index (κ2) is 6.85. The molecule has 1 aliphatic heterocycles. The van der Waals surface area contributed by atoms with E-state index < -0.39 is 5.60 Å². The molecule has 2 saturated carbocycles. The molecule has 5 nitrogen and oxygen atoms in total.